The summed E-state index contributed by atoms with van der Waals surface area (Å²) in [5.41, 5.74) is 2.57. The van der Waals surface area contributed by atoms with Crippen LogP contribution in [0.25, 0.3) is 0 Å². The second-order valence-corrected chi connectivity index (χ2v) is 10.6. The number of carbonyl (C=O) groups excluding carboxylic acids is 1. The third kappa shape index (κ3) is 6.26. The van der Waals surface area contributed by atoms with E-state index in [0.29, 0.717) is 6.42 Å². The highest BCUT2D eigenvalue weighted by Gasteiger charge is 2.33. The molecule has 3 rings (SSSR count). The predicted octanol–water partition coefficient (Wildman–Crippen LogP) is 6.09. The summed E-state index contributed by atoms with van der Waals surface area (Å²) in [4.78, 5) is 13.0. The van der Waals surface area contributed by atoms with E-state index in [-0.39, 0.29) is 16.6 Å². The van der Waals surface area contributed by atoms with Crippen molar-refractivity contribution in [1.29, 1.82) is 0 Å². The van der Waals surface area contributed by atoms with Gasteiger partial charge in [-0.25, -0.2) is 8.42 Å². The second-order valence-electron chi connectivity index (χ2n) is 8.74. The Morgan fingerprint density at radius 2 is 1.61 bits per heavy atom. The van der Waals surface area contributed by atoms with E-state index in [1.165, 1.54) is 18.2 Å². The van der Waals surface area contributed by atoms with Crippen molar-refractivity contribution in [2.45, 2.75) is 51.2 Å². The fourth-order valence-corrected chi connectivity index (χ4v) is 5.18. The molecule has 9 heteroatoms. The Hall–Kier alpha value is -3.33. The fraction of sp³-hybridized carbons (Fsp3) is 0.296. The van der Waals surface area contributed by atoms with Gasteiger partial charge >= 0.3 is 6.18 Å². The Balaban J connectivity index is 1.98. The molecule has 1 N–H and O–H groups in total. The molecular weight excluding hydrogens is 489 g/mol. The molecule has 1 atom stereocenters. The van der Waals surface area contributed by atoms with Crippen LogP contribution in [0.4, 0.5) is 18.9 Å². The first-order chi connectivity index (χ1) is 16.8. The molecule has 192 valence electrons. The molecule has 1 amide bonds. The molecule has 0 saturated carbocycles. The van der Waals surface area contributed by atoms with Crippen LogP contribution in [0.3, 0.4) is 0 Å². The monoisotopic (exact) mass is 518 g/mol. The zero-order valence-corrected chi connectivity index (χ0v) is 21.4. The highest BCUT2D eigenvalue weighted by molar-refractivity contribution is 7.92. The average molecular weight is 519 g/mol. The van der Waals surface area contributed by atoms with Crippen molar-refractivity contribution in [2.24, 2.45) is 0 Å². The summed E-state index contributed by atoms with van der Waals surface area (Å²) in [6.45, 7) is 6.91. The van der Waals surface area contributed by atoms with Gasteiger partial charge in [0.05, 0.1) is 22.2 Å². The van der Waals surface area contributed by atoms with Crippen LogP contribution in [0.1, 0.15) is 47.2 Å². The summed E-state index contributed by atoms with van der Waals surface area (Å²) in [6, 6.07) is 15.3. The van der Waals surface area contributed by atoms with E-state index in [0.717, 1.165) is 44.8 Å². The molecule has 0 aromatic heterocycles. The van der Waals surface area contributed by atoms with Gasteiger partial charge in [0.25, 0.3) is 10.0 Å². The predicted molar refractivity (Wildman–Crippen MR) is 134 cm³/mol. The number of aryl methyl sites for hydroxylation is 3. The molecule has 0 saturated heterocycles. The van der Waals surface area contributed by atoms with Crippen molar-refractivity contribution in [3.8, 4) is 0 Å². The maximum absolute atomic E-state index is 13.5. The molecular formula is C27H29F3N2O3S. The van der Waals surface area contributed by atoms with Crippen molar-refractivity contribution in [2.75, 3.05) is 10.8 Å². The van der Waals surface area contributed by atoms with E-state index >= 15 is 0 Å². The molecule has 36 heavy (non-hydrogen) atoms. The van der Waals surface area contributed by atoms with Crippen LogP contribution in [0, 0.1) is 20.8 Å². The summed E-state index contributed by atoms with van der Waals surface area (Å²) in [5.74, 6) is -0.631. The van der Waals surface area contributed by atoms with Crippen molar-refractivity contribution in [3.05, 3.63) is 94.5 Å². The number of amides is 1. The van der Waals surface area contributed by atoms with Crippen LogP contribution >= 0.6 is 0 Å². The number of alkyl halides is 3. The number of benzene rings is 3. The van der Waals surface area contributed by atoms with Crippen molar-refractivity contribution < 1.29 is 26.4 Å². The lowest BCUT2D eigenvalue weighted by Gasteiger charge is -2.26. The first-order valence-corrected chi connectivity index (χ1v) is 12.9. The van der Waals surface area contributed by atoms with Crippen LogP contribution in [0.5, 0.6) is 0 Å². The molecule has 0 aliphatic heterocycles. The van der Waals surface area contributed by atoms with E-state index in [9.17, 15) is 26.4 Å². The van der Waals surface area contributed by atoms with E-state index < -0.39 is 34.2 Å². The van der Waals surface area contributed by atoms with Gasteiger partial charge in [0.2, 0.25) is 5.91 Å². The van der Waals surface area contributed by atoms with E-state index in [2.05, 4.69) is 5.32 Å². The largest absolute Gasteiger partial charge is 0.416 e. The summed E-state index contributed by atoms with van der Waals surface area (Å²) in [5, 5.41) is 2.84. The van der Waals surface area contributed by atoms with Crippen LogP contribution in [0.2, 0.25) is 0 Å². The third-order valence-electron chi connectivity index (χ3n) is 6.03. The Morgan fingerprint density at radius 3 is 2.19 bits per heavy atom. The minimum absolute atomic E-state index is 0.125. The minimum atomic E-state index is -4.67. The van der Waals surface area contributed by atoms with E-state index in [4.69, 9.17) is 0 Å². The Kier molecular flexibility index (Phi) is 8.13. The van der Waals surface area contributed by atoms with Crippen LogP contribution in [0.15, 0.2) is 71.6 Å². The Morgan fingerprint density at radius 1 is 0.944 bits per heavy atom. The smallest absolute Gasteiger partial charge is 0.348 e. The molecule has 0 aliphatic carbocycles. The first-order valence-electron chi connectivity index (χ1n) is 11.5. The molecule has 0 heterocycles. The highest BCUT2D eigenvalue weighted by Crippen LogP contribution is 2.33. The lowest BCUT2D eigenvalue weighted by Crippen LogP contribution is -2.42. The van der Waals surface area contributed by atoms with Gasteiger partial charge in [0, 0.05) is 0 Å². The minimum Gasteiger partial charge on any atom is -0.348 e. The topological polar surface area (TPSA) is 66.5 Å². The summed E-state index contributed by atoms with van der Waals surface area (Å²) < 4.78 is 67.9. The highest BCUT2D eigenvalue weighted by atomic mass is 32.2. The van der Waals surface area contributed by atoms with Gasteiger partial charge in [-0.3, -0.25) is 9.10 Å². The number of halogens is 3. The Bertz CT molecular complexity index is 1340. The molecule has 3 aromatic rings. The number of nitrogens with zero attached hydrogens (tertiary/aromatic N) is 1. The van der Waals surface area contributed by atoms with Crippen molar-refractivity contribution >= 4 is 21.6 Å². The molecule has 0 radical (unpaired) electrons. The molecule has 0 spiro atoms. The molecule has 3 aromatic carbocycles. The van der Waals surface area contributed by atoms with Gasteiger partial charge in [0.1, 0.15) is 6.54 Å². The average Bonchev–Trinajstić information content (AvgIpc) is 2.82. The summed E-state index contributed by atoms with van der Waals surface area (Å²) in [6.07, 6.45) is -4.13. The van der Waals surface area contributed by atoms with Gasteiger partial charge < -0.3 is 5.32 Å². The van der Waals surface area contributed by atoms with Crippen molar-refractivity contribution in [3.63, 3.8) is 0 Å². The summed E-state index contributed by atoms with van der Waals surface area (Å²) in [7, 11) is -4.34. The zero-order valence-electron chi connectivity index (χ0n) is 20.6. The Labute approximate surface area is 210 Å². The van der Waals surface area contributed by atoms with E-state index in [1.54, 1.807) is 19.1 Å². The number of rotatable bonds is 8. The first kappa shape index (κ1) is 27.3. The van der Waals surface area contributed by atoms with Crippen LogP contribution in [-0.2, 0) is 21.0 Å². The molecule has 0 bridgehead atoms. The quantitative estimate of drug-likeness (QED) is 0.392. The lowest BCUT2D eigenvalue weighted by atomic mass is 9.99. The number of anilines is 1. The number of nitrogens with one attached hydrogen (secondary N) is 1. The molecule has 0 fully saturated rings. The van der Waals surface area contributed by atoms with Crippen LogP contribution in [-0.4, -0.2) is 20.9 Å². The number of hydrogen-bond donors (Lipinski definition) is 1. The normalized spacial score (nSPS) is 12.8. The standard InChI is InChI=1S/C27H29F3N2O3S/c1-5-25(21-12-11-19(3)20(4)15-21)31-26(33)17-32(23-8-6-7-22(16-23)27(28,29)30)36(34,35)24-13-9-18(2)10-14-24/h6-16,25H,5,17H2,1-4H3,(H,31,33). The van der Waals surface area contributed by atoms with Gasteiger partial charge in [-0.05, 0) is 74.2 Å². The van der Waals surface area contributed by atoms with Crippen molar-refractivity contribution in [1.82, 2.24) is 5.32 Å². The maximum Gasteiger partial charge on any atom is 0.416 e. The van der Waals surface area contributed by atoms with Crippen LogP contribution < -0.4 is 9.62 Å². The molecule has 1 unspecified atom stereocenters. The second kappa shape index (κ2) is 10.7. The fourth-order valence-electron chi connectivity index (χ4n) is 3.76. The van der Waals surface area contributed by atoms with Gasteiger partial charge in [-0.2, -0.15) is 13.2 Å². The SMILES string of the molecule is CCC(NC(=O)CN(c1cccc(C(F)(F)F)c1)S(=O)(=O)c1ccc(C)cc1)c1ccc(C)c(C)c1. The van der Waals surface area contributed by atoms with E-state index in [1.807, 2.05) is 39.0 Å². The van der Waals surface area contributed by atoms with Gasteiger partial charge in [0.15, 0.2) is 0 Å². The van der Waals surface area contributed by atoms with Gasteiger partial charge in [-0.1, -0.05) is 48.9 Å². The number of sulfonamides is 1. The number of carbonyl (C=O) groups is 1. The van der Waals surface area contributed by atoms with Gasteiger partial charge in [-0.15, -0.1) is 0 Å². The third-order valence-corrected chi connectivity index (χ3v) is 7.82. The maximum atomic E-state index is 13.5. The molecule has 0 aliphatic rings. The summed E-state index contributed by atoms with van der Waals surface area (Å²) >= 11 is 0. The number of hydrogen-bond acceptors (Lipinski definition) is 3. The zero-order chi connectivity index (χ0) is 26.7. The lowest BCUT2D eigenvalue weighted by molar-refractivity contribution is -0.137. The molecule has 5 nitrogen and oxygen atoms in total.